The zero-order valence-corrected chi connectivity index (χ0v) is 24.4. The number of nitrogens with two attached hydrogens (primary N) is 1. The molecule has 1 heterocycles. The van der Waals surface area contributed by atoms with Crippen molar-refractivity contribution in [2.24, 2.45) is 5.73 Å². The zero-order chi connectivity index (χ0) is 33.8. The molecule has 5 rings (SSSR count). The molecule has 0 fully saturated rings. The minimum Gasteiger partial charge on any atom is -0.370 e. The highest BCUT2D eigenvalue weighted by Gasteiger charge is 2.71. The van der Waals surface area contributed by atoms with Gasteiger partial charge in [-0.25, -0.2) is 12.8 Å². The Bertz CT molecular complexity index is 1600. The lowest BCUT2D eigenvalue weighted by molar-refractivity contribution is -0.376. The predicted octanol–water partition coefficient (Wildman–Crippen LogP) is 5.95. The second kappa shape index (κ2) is 13.5. The summed E-state index contributed by atoms with van der Waals surface area (Å²) in [4.78, 5) is 11.1. The molecular formula is C31H29F7N2O4S. The molecule has 14 heteroatoms. The van der Waals surface area contributed by atoms with E-state index in [0.29, 0.717) is 22.5 Å². The average molecular weight is 659 g/mol. The van der Waals surface area contributed by atoms with E-state index in [4.69, 9.17) is 5.73 Å². The van der Waals surface area contributed by atoms with Crippen molar-refractivity contribution in [2.75, 3.05) is 4.31 Å². The molecule has 0 spiro atoms. The number of primary amides is 1. The maximum absolute atomic E-state index is 13.3. The van der Waals surface area contributed by atoms with Crippen LogP contribution in [0.5, 0.6) is 0 Å². The van der Waals surface area contributed by atoms with E-state index in [1.165, 1.54) is 19.3 Å². The molecule has 0 saturated carbocycles. The number of carbonyl (C=O) groups excluding carboxylic acids is 1. The normalized spacial score (nSPS) is 16.3. The summed E-state index contributed by atoms with van der Waals surface area (Å²) in [5, 5.41) is 9.68. The molecule has 3 aromatic rings. The second-order valence-corrected chi connectivity index (χ2v) is 12.1. The van der Waals surface area contributed by atoms with E-state index in [1.807, 2.05) is 0 Å². The first-order valence-corrected chi connectivity index (χ1v) is 14.9. The zero-order valence-electron chi connectivity index (χ0n) is 23.6. The number of alkyl halides is 6. The number of hydrogen-bond acceptors (Lipinski definition) is 4. The number of hydrogen-bond donors (Lipinski definition) is 2. The van der Waals surface area contributed by atoms with E-state index in [2.05, 4.69) is 37.1 Å². The maximum atomic E-state index is 13.3. The number of anilines is 1. The van der Waals surface area contributed by atoms with Gasteiger partial charge in [0.05, 0.1) is 16.6 Å². The van der Waals surface area contributed by atoms with Gasteiger partial charge in [0.2, 0.25) is 5.91 Å². The van der Waals surface area contributed by atoms with Crippen LogP contribution in [0.15, 0.2) is 71.6 Å². The van der Waals surface area contributed by atoms with Crippen LogP contribution in [0.4, 0.5) is 36.4 Å². The third kappa shape index (κ3) is 7.26. The standard InChI is InChI=1S/C20H17F7N2O4S.C9H10.C2H2/c21-13-3-6-15(7-4-13)34(32,33)29-14(10-17(28)30)5-1-11-9-12(2-8-16(11)29)18(31,19(22,23)24)20(25,26)27;1-2-5-9-7-3-6-8(9)4-1;1-2/h2-4,6-9,14,31H,1,5,10H2,(H2,28,30);1-2,4-5H,3,6-7H2;1-2H/t14-;;/m0../s1. The number of aliphatic hydroxyl groups is 1. The summed E-state index contributed by atoms with van der Waals surface area (Å²) in [5.74, 6) is -1.65. The van der Waals surface area contributed by atoms with Gasteiger partial charge in [0, 0.05) is 12.0 Å². The SMILES string of the molecule is C#C.NC(=O)C[C@@H]1CCc2cc(C(O)(C(F)(F)F)C(F)(F)F)ccc2N1S(=O)(=O)c1ccc(F)cc1.c1ccc2c(c1)CCC2. The summed E-state index contributed by atoms with van der Waals surface area (Å²) in [7, 11) is -4.54. The number of benzene rings is 3. The molecule has 242 valence electrons. The molecular weight excluding hydrogens is 629 g/mol. The molecule has 1 amide bonds. The van der Waals surface area contributed by atoms with E-state index in [9.17, 15) is 49.1 Å². The minimum atomic E-state index is -6.12. The van der Waals surface area contributed by atoms with Gasteiger partial charge in [-0.2, -0.15) is 26.3 Å². The van der Waals surface area contributed by atoms with Crippen molar-refractivity contribution in [2.45, 2.75) is 67.4 Å². The molecule has 3 N–H and O–H groups in total. The van der Waals surface area contributed by atoms with Gasteiger partial charge in [0.15, 0.2) is 0 Å². The predicted molar refractivity (Wildman–Crippen MR) is 153 cm³/mol. The quantitative estimate of drug-likeness (QED) is 0.262. The molecule has 3 aromatic carbocycles. The number of aryl methyl sites for hydroxylation is 3. The summed E-state index contributed by atoms with van der Waals surface area (Å²) in [6, 6.07) is 12.6. The third-order valence-corrected chi connectivity index (χ3v) is 9.33. The van der Waals surface area contributed by atoms with E-state index < -0.39 is 62.6 Å². The van der Waals surface area contributed by atoms with Gasteiger partial charge in [-0.1, -0.05) is 36.4 Å². The van der Waals surface area contributed by atoms with Crippen LogP contribution in [0.1, 0.15) is 41.5 Å². The Labute approximate surface area is 255 Å². The molecule has 1 atom stereocenters. The van der Waals surface area contributed by atoms with Crippen molar-refractivity contribution >= 4 is 21.6 Å². The van der Waals surface area contributed by atoms with Crippen LogP contribution in [-0.4, -0.2) is 37.8 Å². The highest BCUT2D eigenvalue weighted by atomic mass is 32.2. The summed E-state index contributed by atoms with van der Waals surface area (Å²) in [6.07, 6.45) is -1.15. The second-order valence-electron chi connectivity index (χ2n) is 10.3. The fourth-order valence-electron chi connectivity index (χ4n) is 5.33. The highest BCUT2D eigenvalue weighted by Crippen LogP contribution is 2.51. The molecule has 6 nitrogen and oxygen atoms in total. The lowest BCUT2D eigenvalue weighted by Crippen LogP contribution is -2.54. The van der Waals surface area contributed by atoms with Crippen molar-refractivity contribution in [1.82, 2.24) is 0 Å². The topological polar surface area (TPSA) is 101 Å². The Kier molecular flexibility index (Phi) is 10.6. The summed E-state index contributed by atoms with van der Waals surface area (Å²) in [6.45, 7) is 0. The number of amides is 1. The van der Waals surface area contributed by atoms with Crippen LogP contribution in [-0.2, 0) is 39.7 Å². The van der Waals surface area contributed by atoms with Crippen molar-refractivity contribution in [3.8, 4) is 12.8 Å². The number of sulfonamides is 1. The lowest BCUT2D eigenvalue weighted by atomic mass is 9.87. The first-order valence-electron chi connectivity index (χ1n) is 13.4. The smallest absolute Gasteiger partial charge is 0.370 e. The Morgan fingerprint density at radius 3 is 1.89 bits per heavy atom. The molecule has 2 aliphatic rings. The Balaban J connectivity index is 0.000000420. The van der Waals surface area contributed by atoms with Crippen molar-refractivity contribution in [3.05, 3.63) is 94.8 Å². The van der Waals surface area contributed by atoms with Crippen molar-refractivity contribution in [1.29, 1.82) is 0 Å². The van der Waals surface area contributed by atoms with Crippen molar-refractivity contribution < 1.29 is 49.1 Å². The van der Waals surface area contributed by atoms with E-state index >= 15 is 0 Å². The Morgan fingerprint density at radius 1 is 0.867 bits per heavy atom. The minimum absolute atomic E-state index is 0.170. The van der Waals surface area contributed by atoms with Gasteiger partial charge in [-0.3, -0.25) is 9.10 Å². The van der Waals surface area contributed by atoms with Crippen LogP contribution < -0.4 is 10.0 Å². The summed E-state index contributed by atoms with van der Waals surface area (Å²) in [5.41, 5.74) is 1.05. The van der Waals surface area contributed by atoms with Crippen LogP contribution >= 0.6 is 0 Å². The fraction of sp³-hybridized carbons (Fsp3) is 0.323. The van der Waals surface area contributed by atoms with Crippen LogP contribution in [0.2, 0.25) is 0 Å². The molecule has 1 aliphatic heterocycles. The molecule has 1 aliphatic carbocycles. The van der Waals surface area contributed by atoms with Crippen molar-refractivity contribution in [3.63, 3.8) is 0 Å². The van der Waals surface area contributed by atoms with E-state index in [-0.39, 0.29) is 24.1 Å². The van der Waals surface area contributed by atoms with E-state index in [0.717, 1.165) is 24.3 Å². The molecule has 0 aromatic heterocycles. The number of carbonyl (C=O) groups is 1. The number of halogens is 7. The molecule has 0 saturated heterocycles. The number of terminal acetylenes is 1. The number of rotatable bonds is 5. The highest BCUT2D eigenvalue weighted by molar-refractivity contribution is 7.92. The molecule has 0 radical (unpaired) electrons. The van der Waals surface area contributed by atoms with E-state index in [1.54, 1.807) is 11.1 Å². The first-order chi connectivity index (χ1) is 21.0. The van der Waals surface area contributed by atoms with Gasteiger partial charge in [-0.15, -0.1) is 12.8 Å². The molecule has 0 unspecified atom stereocenters. The number of fused-ring (bicyclic) bond motifs is 2. The maximum Gasteiger partial charge on any atom is 0.430 e. The van der Waals surface area contributed by atoms with Crippen LogP contribution in [0.3, 0.4) is 0 Å². The van der Waals surface area contributed by atoms with Gasteiger partial charge >= 0.3 is 12.4 Å². The lowest BCUT2D eigenvalue weighted by Gasteiger charge is -2.39. The van der Waals surface area contributed by atoms with Gasteiger partial charge < -0.3 is 10.8 Å². The van der Waals surface area contributed by atoms with Gasteiger partial charge in [0.1, 0.15) is 5.82 Å². The third-order valence-electron chi connectivity index (χ3n) is 7.45. The van der Waals surface area contributed by atoms with Crippen LogP contribution in [0, 0.1) is 18.7 Å². The molecule has 45 heavy (non-hydrogen) atoms. The Hall–Kier alpha value is -4.09. The first kappa shape index (κ1) is 35.4. The fourth-order valence-corrected chi connectivity index (χ4v) is 7.04. The Morgan fingerprint density at radius 2 is 1.40 bits per heavy atom. The average Bonchev–Trinajstić information content (AvgIpc) is 3.45. The van der Waals surface area contributed by atoms with Gasteiger partial charge in [-0.05, 0) is 79.1 Å². The van der Waals surface area contributed by atoms with Gasteiger partial charge in [0.25, 0.3) is 15.6 Å². The summed E-state index contributed by atoms with van der Waals surface area (Å²) >= 11 is 0. The van der Waals surface area contributed by atoms with Crippen LogP contribution in [0.25, 0.3) is 0 Å². The number of nitrogens with zero attached hydrogens (tertiary/aromatic N) is 1. The molecule has 0 bridgehead atoms. The monoisotopic (exact) mass is 658 g/mol. The summed E-state index contributed by atoms with van der Waals surface area (Å²) < 4.78 is 120. The largest absolute Gasteiger partial charge is 0.430 e.